The number of esters is 1. The molecule has 4 N–H and O–H groups in total. The van der Waals surface area contributed by atoms with E-state index in [9.17, 15) is 29.4 Å². The Balaban J connectivity index is 1.36. The van der Waals surface area contributed by atoms with Gasteiger partial charge in [0.25, 0.3) is 11.8 Å². The quantitative estimate of drug-likeness (QED) is 0.152. The third kappa shape index (κ3) is 9.26. The SMILES string of the molecule is CCn1c(-c2cccnc2[C@H](C)OC)c2c3cc(ccc31)-c1cc(O)cc(c1)C[C@H](NC(=O)[C@H](C(C)C)N(C)C(=O)[C@@H]1OCC[C@@H]1C)C(=O)N1CCC[C@@](O)(N1)C(=O)OCC(C)(C)C2. The Labute approximate surface area is 375 Å². The molecule has 64 heavy (non-hydrogen) atoms. The number of fused-ring (bicyclic) bond motifs is 6. The maximum Gasteiger partial charge on any atom is 0.355 e. The molecule has 6 atom stereocenters. The molecule has 2 saturated heterocycles. The third-order valence-electron chi connectivity index (χ3n) is 13.1. The molecule has 3 aliphatic rings. The molecule has 2 aromatic heterocycles. The van der Waals surface area contributed by atoms with Gasteiger partial charge in [-0.3, -0.25) is 24.4 Å². The highest BCUT2D eigenvalue weighted by Gasteiger charge is 2.46. The van der Waals surface area contributed by atoms with Crippen LogP contribution in [0.25, 0.3) is 33.3 Å². The van der Waals surface area contributed by atoms with Gasteiger partial charge in [0, 0.05) is 74.8 Å². The number of methoxy groups -OCH3 is 1. The van der Waals surface area contributed by atoms with Crippen molar-refractivity contribution in [3.8, 4) is 28.1 Å². The summed E-state index contributed by atoms with van der Waals surface area (Å²) in [5.74, 6) is -2.82. The molecule has 0 spiro atoms. The van der Waals surface area contributed by atoms with Crippen molar-refractivity contribution in [3.63, 3.8) is 0 Å². The second-order valence-electron chi connectivity index (χ2n) is 18.9. The number of carbonyl (C=O) groups excluding carboxylic acids is 4. The number of benzene rings is 2. The standard InChI is InChI=1S/C49H64N6O9/c1-10-54-39-15-14-32-25-36(39)37(42(54)35-13-11-18-50-40(35)30(5)62-9)26-48(6,7)27-64-47(60)49(61)17-12-19-55(52-49)45(58)38(23-31-21-33(32)24-34(56)22-31)51-44(57)41(28(2)3)53(8)46(59)43-29(4)16-20-63-43/h11,13-15,18,21-22,24-25,28-30,38,41,43,52,56,61H,10,12,16-17,19-20,23,26-27H2,1-9H3,(H,51,57)/t29-,30-,38-,41-,43+,49-/m0/s1. The monoisotopic (exact) mass is 880 g/mol. The van der Waals surface area contributed by atoms with Crippen molar-refractivity contribution in [3.05, 3.63) is 71.5 Å². The van der Waals surface area contributed by atoms with Gasteiger partial charge in [0.15, 0.2) is 0 Å². The lowest BCUT2D eigenvalue weighted by Crippen LogP contribution is -2.67. The zero-order chi connectivity index (χ0) is 46.2. The number of aliphatic hydroxyl groups is 1. The largest absolute Gasteiger partial charge is 0.508 e. The Hall–Kier alpha value is -5.35. The number of hydrazine groups is 1. The molecule has 4 aromatic rings. The Kier molecular flexibility index (Phi) is 13.6. The number of cyclic esters (lactones) is 1. The number of carbonyl (C=O) groups is 4. The molecule has 0 unspecified atom stereocenters. The van der Waals surface area contributed by atoms with Gasteiger partial charge in [-0.15, -0.1) is 0 Å². The third-order valence-corrected chi connectivity index (χ3v) is 13.1. The molecule has 2 fully saturated rings. The first-order valence-corrected chi connectivity index (χ1v) is 22.5. The fourth-order valence-electron chi connectivity index (χ4n) is 9.64. The van der Waals surface area contributed by atoms with Crippen molar-refractivity contribution in [1.29, 1.82) is 0 Å². The number of aromatic hydroxyl groups is 1. The average molecular weight is 881 g/mol. The summed E-state index contributed by atoms with van der Waals surface area (Å²) in [6, 6.07) is 13.0. The molecule has 0 aliphatic carbocycles. The van der Waals surface area contributed by atoms with Crippen LogP contribution in [0, 0.1) is 17.3 Å². The normalized spacial score (nSPS) is 23.7. The van der Waals surface area contributed by atoms with Gasteiger partial charge in [0.05, 0.1) is 24.1 Å². The van der Waals surface area contributed by atoms with Gasteiger partial charge < -0.3 is 39.2 Å². The van der Waals surface area contributed by atoms with Crippen LogP contribution in [0.1, 0.15) is 90.7 Å². The van der Waals surface area contributed by atoms with Crippen LogP contribution in [0.2, 0.25) is 0 Å². The van der Waals surface area contributed by atoms with Crippen LogP contribution in [-0.2, 0) is 52.8 Å². The van der Waals surface area contributed by atoms with Crippen molar-refractivity contribution in [1.82, 2.24) is 30.2 Å². The summed E-state index contributed by atoms with van der Waals surface area (Å²) in [5.41, 5.74) is 6.54. The van der Waals surface area contributed by atoms with E-state index in [1.54, 1.807) is 32.5 Å². The van der Waals surface area contributed by atoms with Crippen molar-refractivity contribution in [2.75, 3.05) is 33.9 Å². The number of aromatic nitrogens is 2. The predicted molar refractivity (Wildman–Crippen MR) is 241 cm³/mol. The summed E-state index contributed by atoms with van der Waals surface area (Å²) >= 11 is 0. The number of pyridine rings is 1. The predicted octanol–water partition coefficient (Wildman–Crippen LogP) is 5.68. The minimum absolute atomic E-state index is 0.0181. The molecule has 5 heterocycles. The number of hydrogen-bond acceptors (Lipinski definition) is 11. The number of phenolic OH excluding ortho intramolecular Hbond substituents is 1. The number of nitrogens with one attached hydrogen (secondary N) is 2. The first-order valence-electron chi connectivity index (χ1n) is 22.5. The van der Waals surface area contributed by atoms with Crippen LogP contribution in [0.3, 0.4) is 0 Å². The molecule has 7 rings (SSSR count). The van der Waals surface area contributed by atoms with Crippen molar-refractivity contribution >= 4 is 34.6 Å². The zero-order valence-electron chi connectivity index (χ0n) is 38.6. The van der Waals surface area contributed by atoms with E-state index in [0.717, 1.165) is 50.4 Å². The number of rotatable bonds is 9. The van der Waals surface area contributed by atoms with Crippen LogP contribution in [0.5, 0.6) is 5.75 Å². The number of hydrogen-bond donors (Lipinski definition) is 4. The molecule has 15 nitrogen and oxygen atoms in total. The van der Waals surface area contributed by atoms with Crippen molar-refractivity contribution < 1.29 is 43.6 Å². The molecule has 6 bridgehead atoms. The van der Waals surface area contributed by atoms with Gasteiger partial charge in [-0.2, -0.15) is 5.43 Å². The molecule has 3 amide bonds. The number of phenols is 1. The number of amides is 3. The Morgan fingerprint density at radius 1 is 1.11 bits per heavy atom. The Morgan fingerprint density at radius 2 is 1.88 bits per heavy atom. The minimum Gasteiger partial charge on any atom is -0.508 e. The smallest absolute Gasteiger partial charge is 0.355 e. The highest BCUT2D eigenvalue weighted by Crippen LogP contribution is 2.42. The van der Waals surface area contributed by atoms with Gasteiger partial charge >= 0.3 is 5.97 Å². The second-order valence-corrected chi connectivity index (χ2v) is 18.9. The summed E-state index contributed by atoms with van der Waals surface area (Å²) in [4.78, 5) is 62.9. The Morgan fingerprint density at radius 3 is 2.56 bits per heavy atom. The number of likely N-dealkylation sites (N-methyl/N-ethyl adjacent to an activating group) is 1. The highest BCUT2D eigenvalue weighted by molar-refractivity contribution is 5.96. The summed E-state index contributed by atoms with van der Waals surface area (Å²) in [6.45, 7) is 14.8. The molecule has 0 saturated carbocycles. The molecule has 344 valence electrons. The minimum atomic E-state index is -2.24. The van der Waals surface area contributed by atoms with Gasteiger partial charge in [0.2, 0.25) is 11.6 Å². The summed E-state index contributed by atoms with van der Waals surface area (Å²) in [7, 11) is 3.23. The van der Waals surface area contributed by atoms with E-state index in [1.165, 1.54) is 4.90 Å². The average Bonchev–Trinajstić information content (AvgIpc) is 3.83. The zero-order valence-corrected chi connectivity index (χ0v) is 38.6. The van der Waals surface area contributed by atoms with E-state index in [1.807, 2.05) is 65.8 Å². The molecular formula is C49H64N6O9. The summed E-state index contributed by atoms with van der Waals surface area (Å²) < 4.78 is 19.8. The van der Waals surface area contributed by atoms with Crippen molar-refractivity contribution in [2.45, 2.75) is 117 Å². The first-order chi connectivity index (χ1) is 30.4. The van der Waals surface area contributed by atoms with E-state index < -0.39 is 47.1 Å². The van der Waals surface area contributed by atoms with E-state index in [0.29, 0.717) is 30.7 Å². The molecule has 2 aromatic carbocycles. The lowest BCUT2D eigenvalue weighted by molar-refractivity contribution is -0.189. The van der Waals surface area contributed by atoms with Crippen LogP contribution >= 0.6 is 0 Å². The van der Waals surface area contributed by atoms with E-state index in [2.05, 4.69) is 34.4 Å². The molecule has 15 heteroatoms. The summed E-state index contributed by atoms with van der Waals surface area (Å²) in [5, 5.41) is 28.2. The van der Waals surface area contributed by atoms with Crippen LogP contribution in [0.15, 0.2) is 54.7 Å². The molecule has 0 radical (unpaired) electrons. The summed E-state index contributed by atoms with van der Waals surface area (Å²) in [6.07, 6.45) is 2.12. The maximum atomic E-state index is 14.7. The first kappa shape index (κ1) is 46.6. The van der Waals surface area contributed by atoms with Gasteiger partial charge in [-0.1, -0.05) is 46.8 Å². The highest BCUT2D eigenvalue weighted by atomic mass is 16.6. The molecular weight excluding hydrogens is 817 g/mol. The van der Waals surface area contributed by atoms with Gasteiger partial charge in [0.1, 0.15) is 23.9 Å². The van der Waals surface area contributed by atoms with Gasteiger partial charge in [-0.25, -0.2) is 4.79 Å². The lowest BCUT2D eigenvalue weighted by Gasteiger charge is -2.40. The fraction of sp³-hybridized carbons (Fsp3) is 0.531. The second kappa shape index (κ2) is 18.6. The fourth-order valence-corrected chi connectivity index (χ4v) is 9.64. The number of nitrogens with zero attached hydrogens (tertiary/aromatic N) is 4. The van der Waals surface area contributed by atoms with Crippen LogP contribution in [-0.4, -0.2) is 111 Å². The molecule has 3 aliphatic heterocycles. The van der Waals surface area contributed by atoms with E-state index in [-0.39, 0.29) is 62.0 Å². The number of ether oxygens (including phenoxy) is 3. The topological polar surface area (TPSA) is 185 Å². The van der Waals surface area contributed by atoms with Crippen LogP contribution in [0.4, 0.5) is 0 Å². The lowest BCUT2D eigenvalue weighted by atomic mass is 9.84. The Bertz CT molecular complexity index is 2410. The van der Waals surface area contributed by atoms with Crippen molar-refractivity contribution in [2.24, 2.45) is 17.3 Å². The van der Waals surface area contributed by atoms with Crippen LogP contribution < -0.4 is 10.7 Å². The maximum absolute atomic E-state index is 14.7. The van der Waals surface area contributed by atoms with E-state index in [4.69, 9.17) is 19.2 Å². The van der Waals surface area contributed by atoms with E-state index >= 15 is 0 Å². The van der Waals surface area contributed by atoms with Gasteiger partial charge in [-0.05, 0) is 104 Å². The number of aryl methyl sites for hydroxylation is 1.